The molecular formula is C6H18Br6Si5. The van der Waals surface area contributed by atoms with Crippen LogP contribution in [0.25, 0.3) is 0 Å². The molecule has 0 N–H and O–H groups in total. The molecule has 11 heteroatoms. The highest BCUT2D eigenvalue weighted by atomic mass is 80.0. The lowest BCUT2D eigenvalue weighted by molar-refractivity contribution is 1.81. The standard InChI is InChI=1S/C6H18Br6Si5/c1-13(2,3)17(12,14(4,5)6)16(10,11)15(7,8)9/h1-6H3. The molecule has 0 amide bonds. The van der Waals surface area contributed by atoms with E-state index >= 15 is 0 Å². The summed E-state index contributed by atoms with van der Waals surface area (Å²) in [4.78, 5) is 0. The minimum absolute atomic E-state index is 1.26. The first-order valence-electron chi connectivity index (χ1n) is 5.13. The minimum Gasteiger partial charge on any atom is -0.134 e. The van der Waals surface area contributed by atoms with Crippen LogP contribution in [0.15, 0.2) is 0 Å². The quantitative estimate of drug-likeness (QED) is 0.226. The van der Waals surface area contributed by atoms with Crippen molar-refractivity contribution in [3.8, 4) is 0 Å². The van der Waals surface area contributed by atoms with Gasteiger partial charge in [-0.3, -0.25) is 0 Å². The largest absolute Gasteiger partial charge is 0.276 e. The Labute approximate surface area is 157 Å². The van der Waals surface area contributed by atoms with Crippen molar-refractivity contribution in [2.24, 2.45) is 0 Å². The van der Waals surface area contributed by atoms with E-state index in [1.54, 1.807) is 0 Å². The average molecular weight is 710 g/mol. The van der Waals surface area contributed by atoms with Crippen LogP contribution >= 0.6 is 91.8 Å². The second kappa shape index (κ2) is 6.22. The van der Waals surface area contributed by atoms with Gasteiger partial charge in [-0.2, -0.15) is 0 Å². The van der Waals surface area contributed by atoms with Crippen LogP contribution in [-0.4, -0.2) is 28.2 Å². The molecule has 0 bridgehead atoms. The van der Waals surface area contributed by atoms with Gasteiger partial charge in [0.15, 0.2) is 0 Å². The first-order chi connectivity index (χ1) is 7.00. The number of hydrogen-bond donors (Lipinski definition) is 0. The molecule has 0 fully saturated rings. The summed E-state index contributed by atoms with van der Waals surface area (Å²) in [6.45, 7) is 15.1. The summed E-state index contributed by atoms with van der Waals surface area (Å²) in [5, 5.41) is -1.53. The molecule has 0 nitrogen and oxygen atoms in total. The van der Waals surface area contributed by atoms with E-state index in [0.717, 1.165) is 0 Å². The lowest BCUT2D eigenvalue weighted by atomic mass is 11.8. The Morgan fingerprint density at radius 3 is 0.824 bits per heavy atom. The minimum atomic E-state index is -1.75. The zero-order valence-electron chi connectivity index (χ0n) is 10.8. The molecule has 0 aliphatic carbocycles. The maximum absolute atomic E-state index is 4.36. The van der Waals surface area contributed by atoms with E-state index in [-0.39, 0.29) is 0 Å². The van der Waals surface area contributed by atoms with Crippen molar-refractivity contribution >= 4 is 120 Å². The Kier molecular flexibility index (Phi) is 7.68. The van der Waals surface area contributed by atoms with E-state index in [1.807, 2.05) is 0 Å². The summed E-state index contributed by atoms with van der Waals surface area (Å²) in [7, 11) is -2.52. The van der Waals surface area contributed by atoms with Crippen molar-refractivity contribution in [2.45, 2.75) is 39.3 Å². The Hall–Kier alpha value is 3.96. The third-order valence-electron chi connectivity index (χ3n) is 2.86. The van der Waals surface area contributed by atoms with Gasteiger partial charge in [0.05, 0.1) is 0 Å². The van der Waals surface area contributed by atoms with E-state index in [1.165, 1.54) is 0 Å². The van der Waals surface area contributed by atoms with Gasteiger partial charge in [0.2, 0.25) is 4.35 Å². The van der Waals surface area contributed by atoms with E-state index in [4.69, 9.17) is 0 Å². The van der Waals surface area contributed by atoms with Gasteiger partial charge in [-0.25, -0.2) is 0 Å². The van der Waals surface area contributed by atoms with Crippen molar-refractivity contribution in [3.63, 3.8) is 0 Å². The maximum Gasteiger partial charge on any atom is 0.276 e. The van der Waals surface area contributed by atoms with Gasteiger partial charge < -0.3 is 0 Å². The average Bonchev–Trinajstić information content (AvgIpc) is 1.95. The van der Waals surface area contributed by atoms with E-state index in [2.05, 4.69) is 131 Å². The molecule has 0 aromatic heterocycles. The van der Waals surface area contributed by atoms with Crippen LogP contribution < -0.4 is 0 Å². The second-order valence-electron chi connectivity index (χ2n) is 6.23. The van der Waals surface area contributed by atoms with Gasteiger partial charge in [-0.05, 0) is 0 Å². The maximum atomic E-state index is 4.36. The smallest absolute Gasteiger partial charge is 0.134 e. The summed E-state index contributed by atoms with van der Waals surface area (Å²) in [5.74, 6) is 0. The lowest BCUT2D eigenvalue weighted by Gasteiger charge is -2.53. The van der Waals surface area contributed by atoms with Crippen LogP contribution in [0.3, 0.4) is 0 Å². The monoisotopic (exact) mass is 704 g/mol. The van der Waals surface area contributed by atoms with Gasteiger partial charge in [0, 0.05) is 15.2 Å². The Morgan fingerprint density at radius 1 is 0.529 bits per heavy atom. The summed E-state index contributed by atoms with van der Waals surface area (Å²) >= 11 is 24.4. The predicted octanol–water partition coefficient (Wildman–Crippen LogP) is 6.67. The molecule has 0 atom stereocenters. The highest BCUT2D eigenvalue weighted by Gasteiger charge is 2.72. The number of hydrogen-bond acceptors (Lipinski definition) is 0. The first-order valence-corrected chi connectivity index (χ1v) is 35.7. The molecule has 0 aliphatic rings. The topological polar surface area (TPSA) is 0 Å². The van der Waals surface area contributed by atoms with Crippen LogP contribution in [0.1, 0.15) is 0 Å². The molecule has 0 aromatic carbocycles. The molecule has 0 radical (unpaired) electrons. The SMILES string of the molecule is C[Si](C)(C)[Si](Br)([Si](C)(C)C)[Si](Br)(Br)[Si](Br)(Br)Br. The van der Waals surface area contributed by atoms with E-state index < -0.39 is 28.2 Å². The van der Waals surface area contributed by atoms with Gasteiger partial charge in [-0.1, -0.05) is 85.2 Å². The van der Waals surface area contributed by atoms with Crippen LogP contribution in [0, 0.1) is 0 Å². The molecule has 104 valence electrons. The Bertz CT molecular complexity index is 273. The fourth-order valence-corrected chi connectivity index (χ4v) is 239. The van der Waals surface area contributed by atoms with Crippen molar-refractivity contribution in [3.05, 3.63) is 0 Å². The molecule has 0 heterocycles. The van der Waals surface area contributed by atoms with Crippen molar-refractivity contribution in [1.82, 2.24) is 0 Å². The molecule has 17 heavy (non-hydrogen) atoms. The molecule has 0 aromatic rings. The zero-order valence-corrected chi connectivity index (χ0v) is 25.3. The molecule has 0 saturated heterocycles. The Balaban J connectivity index is 6.04. The second-order valence-corrected chi connectivity index (χ2v) is 103. The van der Waals surface area contributed by atoms with Gasteiger partial charge >= 0.3 is 0 Å². The number of halogens is 6. The van der Waals surface area contributed by atoms with Gasteiger partial charge in [0.25, 0.3) is 3.45 Å². The summed E-state index contributed by atoms with van der Waals surface area (Å²) in [6.07, 6.45) is 0. The normalized spacial score (nSPS) is 16.2. The Morgan fingerprint density at radius 2 is 0.765 bits per heavy atom. The molecule has 0 spiro atoms. The van der Waals surface area contributed by atoms with Crippen LogP contribution in [0.4, 0.5) is 0 Å². The van der Waals surface area contributed by atoms with Gasteiger partial charge in [-0.15, -0.1) is 45.9 Å². The zero-order chi connectivity index (χ0) is 14.5. The van der Waals surface area contributed by atoms with Crippen LogP contribution in [-0.2, 0) is 0 Å². The van der Waals surface area contributed by atoms with Gasteiger partial charge in [0.1, 0.15) is 5.25 Å². The van der Waals surface area contributed by atoms with E-state index in [0.29, 0.717) is 0 Å². The summed E-state index contributed by atoms with van der Waals surface area (Å²) in [6, 6.07) is 0. The third kappa shape index (κ3) is 4.03. The molecule has 0 rings (SSSR count). The summed E-state index contributed by atoms with van der Waals surface area (Å²) in [5.41, 5.74) is 0. The predicted molar refractivity (Wildman–Crippen MR) is 118 cm³/mol. The molecule has 0 unspecified atom stereocenters. The number of rotatable bonds is 4. The van der Waals surface area contributed by atoms with Crippen molar-refractivity contribution < 1.29 is 0 Å². The van der Waals surface area contributed by atoms with Crippen molar-refractivity contribution in [2.75, 3.05) is 0 Å². The molecule has 0 saturated carbocycles. The third-order valence-corrected chi connectivity index (χ3v) is 200. The fourth-order valence-electron chi connectivity index (χ4n) is 2.26. The molecular weight excluding hydrogens is 692 g/mol. The molecule has 0 aliphatic heterocycles. The highest BCUT2D eigenvalue weighted by Crippen LogP contribution is 2.56. The van der Waals surface area contributed by atoms with Crippen molar-refractivity contribution in [1.29, 1.82) is 0 Å². The van der Waals surface area contributed by atoms with E-state index in [9.17, 15) is 0 Å². The lowest BCUT2D eigenvalue weighted by Crippen LogP contribution is -2.82. The highest BCUT2D eigenvalue weighted by molar-refractivity contribution is 9.83. The first kappa shape index (κ1) is 21.0. The fraction of sp³-hybridized carbons (Fsp3) is 1.00. The van der Waals surface area contributed by atoms with Crippen LogP contribution in [0.5, 0.6) is 0 Å². The van der Waals surface area contributed by atoms with Crippen LogP contribution in [0.2, 0.25) is 39.3 Å². The summed E-state index contributed by atoms with van der Waals surface area (Å²) < 4.78 is -3.48.